The Balaban J connectivity index is 1.24. The number of hydrogen-bond acceptors (Lipinski definition) is 6. The van der Waals surface area contributed by atoms with Gasteiger partial charge in [0.2, 0.25) is 0 Å². The Morgan fingerprint density at radius 2 is 1.43 bits per heavy atom. The first kappa shape index (κ1) is 29.1. The van der Waals surface area contributed by atoms with E-state index in [0.717, 1.165) is 45.8 Å². The average Bonchev–Trinajstić information content (AvgIpc) is 3.57. The van der Waals surface area contributed by atoms with Crippen LogP contribution in [0.25, 0.3) is 31.3 Å². The molecule has 1 aromatic heterocycles. The highest BCUT2D eigenvalue weighted by molar-refractivity contribution is 7.26. The summed E-state index contributed by atoms with van der Waals surface area (Å²) in [6, 6.07) is 32.2. The van der Waals surface area contributed by atoms with E-state index in [4.69, 9.17) is 19.3 Å². The molecule has 2 atom stereocenters. The van der Waals surface area contributed by atoms with Crippen molar-refractivity contribution >= 4 is 55.8 Å². The van der Waals surface area contributed by atoms with Gasteiger partial charge in [0.15, 0.2) is 6.17 Å². The summed E-state index contributed by atoms with van der Waals surface area (Å²) in [5.41, 5.74) is 4.54. The predicted molar refractivity (Wildman–Crippen MR) is 193 cm³/mol. The summed E-state index contributed by atoms with van der Waals surface area (Å²) in [5.74, 6) is 1.88. The van der Waals surface area contributed by atoms with Gasteiger partial charge in [0.25, 0.3) is 0 Å². The molecule has 1 saturated heterocycles. The number of hydrogen-bond donors (Lipinski definition) is 1. The van der Waals surface area contributed by atoms with Gasteiger partial charge < -0.3 is 14.6 Å². The molecule has 5 nitrogen and oxygen atoms in total. The summed E-state index contributed by atoms with van der Waals surface area (Å²) in [7, 11) is -0.456. The van der Waals surface area contributed by atoms with Crippen molar-refractivity contribution in [1.29, 1.82) is 0 Å². The molecule has 228 valence electrons. The molecule has 4 aromatic carbocycles. The maximum atomic E-state index is 6.55. The number of nitrogens with one attached hydrogen (secondary N) is 1. The van der Waals surface area contributed by atoms with E-state index in [1.807, 2.05) is 29.5 Å². The van der Waals surface area contributed by atoms with Crippen molar-refractivity contribution in [2.24, 2.45) is 15.9 Å². The van der Waals surface area contributed by atoms with Gasteiger partial charge in [0, 0.05) is 37.2 Å². The quantitative estimate of drug-likeness (QED) is 0.201. The first-order chi connectivity index (χ1) is 22.3. The zero-order chi connectivity index (χ0) is 31.5. The molecule has 0 spiro atoms. The Morgan fingerprint density at radius 1 is 0.739 bits per heavy atom. The van der Waals surface area contributed by atoms with E-state index < -0.39 is 18.3 Å². The second-order valence-electron chi connectivity index (χ2n) is 13.3. The summed E-state index contributed by atoms with van der Waals surface area (Å²) < 4.78 is 15.6. The van der Waals surface area contributed by atoms with Crippen LogP contribution in [0.2, 0.25) is 0 Å². The number of amidine groups is 2. The Hall–Kier alpha value is -4.30. The van der Waals surface area contributed by atoms with Crippen molar-refractivity contribution in [3.05, 3.63) is 126 Å². The SMILES string of the molecule is CC1(C)OB(c2cc(-c3cccc(C4=NC(C5C=CC=CC5)N=C(c5ccccc5)N4)c3)c3sc4ccccc4c3c2)OC1(C)C. The van der Waals surface area contributed by atoms with Gasteiger partial charge in [-0.15, -0.1) is 11.3 Å². The third kappa shape index (κ3) is 5.13. The van der Waals surface area contributed by atoms with Gasteiger partial charge >= 0.3 is 7.12 Å². The molecule has 2 aliphatic heterocycles. The van der Waals surface area contributed by atoms with Crippen LogP contribution in [-0.2, 0) is 9.31 Å². The molecular formula is C39H36BN3O2S. The lowest BCUT2D eigenvalue weighted by atomic mass is 9.77. The van der Waals surface area contributed by atoms with Crippen LogP contribution >= 0.6 is 11.3 Å². The summed E-state index contributed by atoms with van der Waals surface area (Å²) in [5, 5.41) is 6.05. The molecule has 2 unspecified atom stereocenters. The maximum Gasteiger partial charge on any atom is 0.494 e. The average molecular weight is 622 g/mol. The molecule has 1 N–H and O–H groups in total. The number of rotatable bonds is 5. The lowest BCUT2D eigenvalue weighted by molar-refractivity contribution is 0.00578. The van der Waals surface area contributed by atoms with E-state index in [-0.39, 0.29) is 12.1 Å². The van der Waals surface area contributed by atoms with E-state index in [1.54, 1.807) is 0 Å². The van der Waals surface area contributed by atoms with Gasteiger partial charge in [-0.3, -0.25) is 0 Å². The van der Waals surface area contributed by atoms with Crippen LogP contribution in [0.1, 0.15) is 45.2 Å². The number of allylic oxidation sites excluding steroid dienone is 3. The number of fused-ring (bicyclic) bond motifs is 3. The topological polar surface area (TPSA) is 55.2 Å². The van der Waals surface area contributed by atoms with Crippen molar-refractivity contribution < 1.29 is 9.31 Å². The molecule has 5 aromatic rings. The largest absolute Gasteiger partial charge is 0.494 e. The van der Waals surface area contributed by atoms with Crippen LogP contribution in [0, 0.1) is 5.92 Å². The fraction of sp³-hybridized carbons (Fsp3) is 0.231. The van der Waals surface area contributed by atoms with Crippen molar-refractivity contribution in [2.45, 2.75) is 51.5 Å². The van der Waals surface area contributed by atoms with Crippen molar-refractivity contribution in [3.8, 4) is 11.1 Å². The highest BCUT2D eigenvalue weighted by Gasteiger charge is 2.51. The van der Waals surface area contributed by atoms with Crippen LogP contribution < -0.4 is 10.8 Å². The fourth-order valence-electron chi connectivity index (χ4n) is 6.38. The fourth-order valence-corrected chi connectivity index (χ4v) is 7.60. The van der Waals surface area contributed by atoms with E-state index in [9.17, 15) is 0 Å². The van der Waals surface area contributed by atoms with Gasteiger partial charge in [-0.05, 0) is 62.8 Å². The molecule has 0 bridgehead atoms. The van der Waals surface area contributed by atoms with E-state index in [2.05, 4.69) is 130 Å². The lowest BCUT2D eigenvalue weighted by Gasteiger charge is -2.32. The second-order valence-corrected chi connectivity index (χ2v) is 14.3. The van der Waals surface area contributed by atoms with Crippen LogP contribution in [-0.4, -0.2) is 36.2 Å². The Morgan fingerprint density at radius 3 is 2.20 bits per heavy atom. The van der Waals surface area contributed by atoms with Gasteiger partial charge in [-0.2, -0.15) is 0 Å². The summed E-state index contributed by atoms with van der Waals surface area (Å²) >= 11 is 1.83. The molecule has 7 heteroatoms. The highest BCUT2D eigenvalue weighted by atomic mass is 32.1. The first-order valence-corrected chi connectivity index (χ1v) is 16.8. The van der Waals surface area contributed by atoms with E-state index >= 15 is 0 Å². The van der Waals surface area contributed by atoms with Crippen LogP contribution in [0.5, 0.6) is 0 Å². The molecule has 8 rings (SSSR count). The van der Waals surface area contributed by atoms with Crippen molar-refractivity contribution in [1.82, 2.24) is 5.32 Å². The molecular weight excluding hydrogens is 585 g/mol. The number of nitrogens with zero attached hydrogens (tertiary/aromatic N) is 2. The minimum Gasteiger partial charge on any atom is -0.399 e. The third-order valence-electron chi connectivity index (χ3n) is 9.68. The number of benzene rings is 4. The summed E-state index contributed by atoms with van der Waals surface area (Å²) in [4.78, 5) is 10.3. The van der Waals surface area contributed by atoms with Crippen LogP contribution in [0.3, 0.4) is 0 Å². The zero-order valence-corrected chi connectivity index (χ0v) is 27.3. The highest BCUT2D eigenvalue weighted by Crippen LogP contribution is 2.41. The monoisotopic (exact) mass is 621 g/mol. The minimum atomic E-state index is -0.456. The standard InChI is InChI=1S/C39H36BN3O2S/c1-38(2)39(3,4)45-40(44-38)29-23-31(34-32(24-29)30-20-11-12-21-33(30)46-34)27-18-13-19-28(22-27)37-42-35(25-14-7-5-8-15-25)41-36(43-37)26-16-9-6-10-17-26/h5-16,18-24,26,36H,17H2,1-4H3,(H,41,42,43). The summed E-state index contributed by atoms with van der Waals surface area (Å²) in [6.45, 7) is 8.42. The molecule has 1 aliphatic carbocycles. The smallest absolute Gasteiger partial charge is 0.399 e. The van der Waals surface area contributed by atoms with Crippen LogP contribution in [0.4, 0.5) is 0 Å². The van der Waals surface area contributed by atoms with Gasteiger partial charge in [0.1, 0.15) is 11.7 Å². The molecule has 0 amide bonds. The summed E-state index contributed by atoms with van der Waals surface area (Å²) in [6.07, 6.45) is 9.33. The molecule has 0 radical (unpaired) electrons. The van der Waals surface area contributed by atoms with Gasteiger partial charge in [-0.25, -0.2) is 9.98 Å². The normalized spacial score (nSPS) is 21.8. The van der Waals surface area contributed by atoms with Gasteiger partial charge in [-0.1, -0.05) is 103 Å². The lowest BCUT2D eigenvalue weighted by Crippen LogP contribution is -2.41. The Kier molecular flexibility index (Phi) is 7.09. The van der Waals surface area contributed by atoms with E-state index in [0.29, 0.717) is 0 Å². The van der Waals surface area contributed by atoms with E-state index in [1.165, 1.54) is 20.2 Å². The van der Waals surface area contributed by atoms with Gasteiger partial charge in [0.05, 0.1) is 11.2 Å². The van der Waals surface area contributed by atoms with Crippen LogP contribution in [0.15, 0.2) is 125 Å². The third-order valence-corrected chi connectivity index (χ3v) is 10.9. The first-order valence-electron chi connectivity index (χ1n) is 16.0. The molecule has 3 aliphatic rings. The second kappa shape index (κ2) is 11.2. The minimum absolute atomic E-state index is 0.207. The van der Waals surface area contributed by atoms with Crippen molar-refractivity contribution in [2.75, 3.05) is 0 Å². The molecule has 0 saturated carbocycles. The Labute approximate surface area is 274 Å². The van der Waals surface area contributed by atoms with Crippen molar-refractivity contribution in [3.63, 3.8) is 0 Å². The predicted octanol–water partition coefficient (Wildman–Crippen LogP) is 8.28. The molecule has 46 heavy (non-hydrogen) atoms. The molecule has 1 fully saturated rings. The maximum absolute atomic E-state index is 6.55. The molecule has 3 heterocycles. The zero-order valence-electron chi connectivity index (χ0n) is 26.5. The number of aliphatic imine (C=N–C) groups is 2. The Bertz CT molecular complexity index is 2080. The number of thiophene rings is 1.